The molecule has 3 aromatic heterocycles. The van der Waals surface area contributed by atoms with Crippen LogP contribution in [0.5, 0.6) is 0 Å². The average molecular weight is 343 g/mol. The smallest absolute Gasteiger partial charge is 0.317 e. The highest BCUT2D eigenvalue weighted by molar-refractivity contribution is 7.10. The molecule has 2 amide bonds. The van der Waals surface area contributed by atoms with Crippen molar-refractivity contribution in [1.29, 1.82) is 0 Å². The van der Waals surface area contributed by atoms with E-state index in [1.165, 1.54) is 0 Å². The molecule has 8 heteroatoms. The number of nitrogens with one attached hydrogen (secondary N) is 1. The van der Waals surface area contributed by atoms with Crippen LogP contribution in [0.25, 0.3) is 5.65 Å². The number of hydrogen-bond donors (Lipinski definition) is 1. The molecule has 124 valence electrons. The zero-order valence-electron chi connectivity index (χ0n) is 13.0. The van der Waals surface area contributed by atoms with E-state index in [1.807, 2.05) is 46.3 Å². The second-order valence-electron chi connectivity index (χ2n) is 5.52. The normalized spacial score (nSPS) is 18.0. The zero-order chi connectivity index (χ0) is 16.4. The highest BCUT2D eigenvalue weighted by Crippen LogP contribution is 2.25. The van der Waals surface area contributed by atoms with Gasteiger partial charge in [-0.3, -0.25) is 4.40 Å². The molecule has 1 aliphatic heterocycles. The first kappa shape index (κ1) is 15.1. The standard InChI is InChI=1S/C16H17N5O2S/c22-16(17-10-15-19-18-14-5-1-2-6-21(14)15)20-7-8-23-12(11-20)13-4-3-9-24-13/h1-6,9,12H,7-8,10-11H2,(H,17,22). The van der Waals surface area contributed by atoms with Gasteiger partial charge in [0.2, 0.25) is 0 Å². The molecule has 0 spiro atoms. The van der Waals surface area contributed by atoms with E-state index in [1.54, 1.807) is 16.2 Å². The number of amides is 2. The van der Waals surface area contributed by atoms with E-state index in [0.29, 0.717) is 32.1 Å². The van der Waals surface area contributed by atoms with E-state index in [2.05, 4.69) is 15.5 Å². The zero-order valence-corrected chi connectivity index (χ0v) is 13.8. The maximum Gasteiger partial charge on any atom is 0.317 e. The van der Waals surface area contributed by atoms with Gasteiger partial charge in [0.15, 0.2) is 11.5 Å². The first-order valence-electron chi connectivity index (χ1n) is 7.78. The summed E-state index contributed by atoms with van der Waals surface area (Å²) in [5.74, 6) is 0.710. The Morgan fingerprint density at radius 3 is 3.17 bits per heavy atom. The van der Waals surface area contributed by atoms with Crippen LogP contribution in [0.2, 0.25) is 0 Å². The van der Waals surface area contributed by atoms with Gasteiger partial charge < -0.3 is 15.0 Å². The molecule has 1 saturated heterocycles. The molecule has 0 saturated carbocycles. The summed E-state index contributed by atoms with van der Waals surface area (Å²) in [5, 5.41) is 13.2. The third kappa shape index (κ3) is 2.98. The van der Waals surface area contributed by atoms with Crippen molar-refractivity contribution in [1.82, 2.24) is 24.8 Å². The molecular weight excluding hydrogens is 326 g/mol. The van der Waals surface area contributed by atoms with Gasteiger partial charge in [0.05, 0.1) is 19.7 Å². The monoisotopic (exact) mass is 343 g/mol. The molecule has 4 heterocycles. The lowest BCUT2D eigenvalue weighted by atomic mass is 10.2. The minimum Gasteiger partial charge on any atom is -0.369 e. The number of pyridine rings is 1. The number of fused-ring (bicyclic) bond motifs is 1. The second kappa shape index (κ2) is 6.58. The number of morpholine rings is 1. The van der Waals surface area contributed by atoms with Crippen LogP contribution in [0, 0.1) is 0 Å². The molecule has 24 heavy (non-hydrogen) atoms. The van der Waals surface area contributed by atoms with Gasteiger partial charge >= 0.3 is 6.03 Å². The summed E-state index contributed by atoms with van der Waals surface area (Å²) in [6, 6.07) is 9.64. The fourth-order valence-electron chi connectivity index (χ4n) is 2.76. The number of thiophene rings is 1. The minimum atomic E-state index is -0.104. The first-order chi connectivity index (χ1) is 11.8. The number of carbonyl (C=O) groups excluding carboxylic acids is 1. The topological polar surface area (TPSA) is 71.8 Å². The summed E-state index contributed by atoms with van der Waals surface area (Å²) in [6.45, 7) is 2.04. The summed E-state index contributed by atoms with van der Waals surface area (Å²) >= 11 is 1.65. The lowest BCUT2D eigenvalue weighted by molar-refractivity contribution is -0.0136. The van der Waals surface area contributed by atoms with Gasteiger partial charge in [0, 0.05) is 17.6 Å². The van der Waals surface area contributed by atoms with Crippen LogP contribution in [0.1, 0.15) is 16.8 Å². The van der Waals surface area contributed by atoms with Crippen molar-refractivity contribution in [3.05, 3.63) is 52.6 Å². The summed E-state index contributed by atoms with van der Waals surface area (Å²) in [5.41, 5.74) is 0.769. The van der Waals surface area contributed by atoms with Crippen LogP contribution in [0.3, 0.4) is 0 Å². The Kier molecular flexibility index (Phi) is 4.14. The molecule has 4 rings (SSSR count). The van der Waals surface area contributed by atoms with Gasteiger partial charge in [-0.1, -0.05) is 12.1 Å². The summed E-state index contributed by atoms with van der Waals surface area (Å²) in [4.78, 5) is 15.4. The molecule has 0 aliphatic carbocycles. The van der Waals surface area contributed by atoms with Crippen molar-refractivity contribution in [2.45, 2.75) is 12.6 Å². The van der Waals surface area contributed by atoms with Crippen molar-refractivity contribution in [2.24, 2.45) is 0 Å². The SMILES string of the molecule is O=C(NCc1nnc2ccccn12)N1CCOC(c2cccs2)C1. The van der Waals surface area contributed by atoms with Gasteiger partial charge in [-0.25, -0.2) is 4.79 Å². The van der Waals surface area contributed by atoms with Crippen LogP contribution >= 0.6 is 11.3 Å². The van der Waals surface area contributed by atoms with Crippen LogP contribution < -0.4 is 5.32 Å². The average Bonchev–Trinajstić information content (AvgIpc) is 3.30. The largest absolute Gasteiger partial charge is 0.369 e. The van der Waals surface area contributed by atoms with Gasteiger partial charge in [0.1, 0.15) is 6.10 Å². The summed E-state index contributed by atoms with van der Waals surface area (Å²) in [7, 11) is 0. The van der Waals surface area contributed by atoms with Crippen molar-refractivity contribution >= 4 is 23.0 Å². The Balaban J connectivity index is 1.39. The number of urea groups is 1. The Labute approximate surface area is 142 Å². The molecule has 7 nitrogen and oxygen atoms in total. The molecule has 1 aliphatic rings. The number of rotatable bonds is 3. The maximum atomic E-state index is 12.4. The van der Waals surface area contributed by atoms with E-state index >= 15 is 0 Å². The van der Waals surface area contributed by atoms with Gasteiger partial charge in [0.25, 0.3) is 0 Å². The van der Waals surface area contributed by atoms with E-state index in [0.717, 1.165) is 10.5 Å². The molecule has 0 radical (unpaired) electrons. The Morgan fingerprint density at radius 2 is 2.29 bits per heavy atom. The fraction of sp³-hybridized carbons (Fsp3) is 0.312. The highest BCUT2D eigenvalue weighted by atomic mass is 32.1. The van der Waals surface area contributed by atoms with Gasteiger partial charge in [-0.2, -0.15) is 0 Å². The molecule has 1 N–H and O–H groups in total. The van der Waals surface area contributed by atoms with Crippen LogP contribution in [-0.4, -0.2) is 45.2 Å². The predicted octanol–water partition coefficient (Wildman–Crippen LogP) is 2.07. The Hall–Kier alpha value is -2.45. The number of nitrogens with zero attached hydrogens (tertiary/aromatic N) is 4. The molecule has 1 unspecified atom stereocenters. The fourth-order valence-corrected chi connectivity index (χ4v) is 3.52. The molecule has 0 bridgehead atoms. The van der Waals surface area contributed by atoms with E-state index < -0.39 is 0 Å². The van der Waals surface area contributed by atoms with Crippen molar-refractivity contribution in [3.63, 3.8) is 0 Å². The second-order valence-corrected chi connectivity index (χ2v) is 6.50. The van der Waals surface area contributed by atoms with Crippen LogP contribution in [0.15, 0.2) is 41.9 Å². The maximum absolute atomic E-state index is 12.4. The van der Waals surface area contributed by atoms with Gasteiger partial charge in [-0.05, 0) is 23.6 Å². The van der Waals surface area contributed by atoms with E-state index in [9.17, 15) is 4.79 Å². The minimum absolute atomic E-state index is 0.0431. The van der Waals surface area contributed by atoms with E-state index in [4.69, 9.17) is 4.74 Å². The van der Waals surface area contributed by atoms with Crippen molar-refractivity contribution in [3.8, 4) is 0 Å². The predicted molar refractivity (Wildman–Crippen MR) is 89.8 cm³/mol. The summed E-state index contributed by atoms with van der Waals surface area (Å²) in [6.07, 6.45) is 1.84. The molecule has 1 fully saturated rings. The number of carbonyl (C=O) groups is 1. The third-order valence-corrected chi connectivity index (χ3v) is 4.96. The van der Waals surface area contributed by atoms with E-state index in [-0.39, 0.29) is 12.1 Å². The van der Waals surface area contributed by atoms with Crippen LogP contribution in [0.4, 0.5) is 4.79 Å². The number of hydrogen-bond acceptors (Lipinski definition) is 5. The van der Waals surface area contributed by atoms with Crippen molar-refractivity contribution < 1.29 is 9.53 Å². The number of ether oxygens (including phenoxy) is 1. The number of aromatic nitrogens is 3. The van der Waals surface area contributed by atoms with Crippen molar-refractivity contribution in [2.75, 3.05) is 19.7 Å². The molecule has 0 aromatic carbocycles. The molecular formula is C16H17N5O2S. The highest BCUT2D eigenvalue weighted by Gasteiger charge is 2.26. The Morgan fingerprint density at radius 1 is 1.33 bits per heavy atom. The summed E-state index contributed by atoms with van der Waals surface area (Å²) < 4.78 is 7.64. The van der Waals surface area contributed by atoms with Gasteiger partial charge in [-0.15, -0.1) is 21.5 Å². The Bertz CT molecular complexity index is 832. The first-order valence-corrected chi connectivity index (χ1v) is 8.65. The molecule has 1 atom stereocenters. The quantitative estimate of drug-likeness (QED) is 0.790. The van der Waals surface area contributed by atoms with Crippen LogP contribution in [-0.2, 0) is 11.3 Å². The lowest BCUT2D eigenvalue weighted by Gasteiger charge is -2.32. The third-order valence-electron chi connectivity index (χ3n) is 4.00. The lowest BCUT2D eigenvalue weighted by Crippen LogP contribution is -2.47. The molecule has 3 aromatic rings.